The maximum Gasteiger partial charge on any atom is 0.296 e. The van der Waals surface area contributed by atoms with Gasteiger partial charge in [-0.2, -0.15) is 0 Å². The molecule has 0 radical (unpaired) electrons. The number of nitrogens with one attached hydrogen (secondary N) is 1. The Balaban J connectivity index is 3.11. The fourth-order valence-corrected chi connectivity index (χ4v) is 1.47. The molecular formula is C12H16N2O4. The Morgan fingerprint density at radius 2 is 2.00 bits per heavy atom. The third-order valence-electron chi connectivity index (χ3n) is 2.36. The largest absolute Gasteiger partial charge is 0.493 e. The maximum atomic E-state index is 11.0. The Hall–Kier alpha value is -2.24. The third-order valence-corrected chi connectivity index (χ3v) is 2.36. The van der Waals surface area contributed by atoms with Gasteiger partial charge in [0.05, 0.1) is 25.2 Å². The van der Waals surface area contributed by atoms with E-state index in [4.69, 9.17) is 9.47 Å². The van der Waals surface area contributed by atoms with E-state index in [2.05, 4.69) is 11.9 Å². The molecule has 0 atom stereocenters. The van der Waals surface area contributed by atoms with Gasteiger partial charge in [0.2, 0.25) is 0 Å². The fourth-order valence-electron chi connectivity index (χ4n) is 1.47. The van der Waals surface area contributed by atoms with Gasteiger partial charge >= 0.3 is 0 Å². The Kier molecular flexibility index (Phi) is 4.98. The maximum absolute atomic E-state index is 11.0. The fraction of sp³-hybridized carbons (Fsp3) is 0.333. The highest BCUT2D eigenvalue weighted by atomic mass is 16.6. The zero-order valence-corrected chi connectivity index (χ0v) is 10.4. The van der Waals surface area contributed by atoms with E-state index in [-0.39, 0.29) is 5.69 Å². The first kappa shape index (κ1) is 13.8. The molecule has 0 aliphatic heterocycles. The highest BCUT2D eigenvalue weighted by Gasteiger charge is 2.18. The number of methoxy groups -OCH3 is 2. The minimum Gasteiger partial charge on any atom is -0.493 e. The first-order valence-corrected chi connectivity index (χ1v) is 5.39. The summed E-state index contributed by atoms with van der Waals surface area (Å²) in [7, 11) is 2.92. The molecule has 1 aromatic carbocycles. The summed E-state index contributed by atoms with van der Waals surface area (Å²) in [6, 6.07) is 2.90. The van der Waals surface area contributed by atoms with Gasteiger partial charge in [-0.15, -0.1) is 6.58 Å². The van der Waals surface area contributed by atoms with Gasteiger partial charge in [0.1, 0.15) is 5.69 Å². The van der Waals surface area contributed by atoms with Crippen molar-refractivity contribution in [2.24, 2.45) is 0 Å². The van der Waals surface area contributed by atoms with Gasteiger partial charge < -0.3 is 14.8 Å². The van der Waals surface area contributed by atoms with E-state index >= 15 is 0 Å². The van der Waals surface area contributed by atoms with E-state index in [9.17, 15) is 10.1 Å². The van der Waals surface area contributed by atoms with Crippen molar-refractivity contribution in [1.29, 1.82) is 0 Å². The molecule has 0 saturated carbocycles. The van der Waals surface area contributed by atoms with Crippen molar-refractivity contribution in [1.82, 2.24) is 0 Å². The van der Waals surface area contributed by atoms with Crippen molar-refractivity contribution in [2.45, 2.75) is 6.42 Å². The van der Waals surface area contributed by atoms with Crippen LogP contribution in [0.3, 0.4) is 0 Å². The Bertz CT molecular complexity index is 446. The number of anilines is 1. The molecule has 0 fully saturated rings. The zero-order chi connectivity index (χ0) is 13.5. The number of rotatable bonds is 7. The molecule has 0 aliphatic carbocycles. The van der Waals surface area contributed by atoms with Crippen LogP contribution in [0.4, 0.5) is 11.4 Å². The van der Waals surface area contributed by atoms with Gasteiger partial charge in [-0.05, 0) is 6.42 Å². The Morgan fingerprint density at radius 1 is 1.39 bits per heavy atom. The molecule has 0 amide bonds. The summed E-state index contributed by atoms with van der Waals surface area (Å²) in [5, 5.41) is 13.9. The number of nitrogens with zero attached hydrogens (tertiary/aromatic N) is 1. The van der Waals surface area contributed by atoms with Crippen molar-refractivity contribution in [3.05, 3.63) is 34.9 Å². The van der Waals surface area contributed by atoms with Crippen LogP contribution >= 0.6 is 0 Å². The SMILES string of the molecule is C=CCCNc1cc(OC)c(OC)cc1[N+](=O)[O-]. The van der Waals surface area contributed by atoms with Crippen molar-refractivity contribution < 1.29 is 14.4 Å². The summed E-state index contributed by atoms with van der Waals surface area (Å²) < 4.78 is 10.1. The van der Waals surface area contributed by atoms with Crippen molar-refractivity contribution in [2.75, 3.05) is 26.1 Å². The lowest BCUT2D eigenvalue weighted by molar-refractivity contribution is -0.384. The first-order valence-electron chi connectivity index (χ1n) is 5.39. The highest BCUT2D eigenvalue weighted by Crippen LogP contribution is 2.37. The van der Waals surface area contributed by atoms with Crippen LogP contribution in [-0.4, -0.2) is 25.7 Å². The Morgan fingerprint density at radius 3 is 2.50 bits per heavy atom. The summed E-state index contributed by atoms with van der Waals surface area (Å²) in [5.41, 5.74) is 0.358. The second kappa shape index (κ2) is 6.48. The first-order chi connectivity index (χ1) is 8.63. The molecule has 0 bridgehead atoms. The third kappa shape index (κ3) is 3.13. The van der Waals surface area contributed by atoms with Gasteiger partial charge in [-0.3, -0.25) is 10.1 Å². The van der Waals surface area contributed by atoms with Gasteiger partial charge in [-0.1, -0.05) is 6.08 Å². The van der Waals surface area contributed by atoms with Crippen LogP contribution in [0.2, 0.25) is 0 Å². The van der Waals surface area contributed by atoms with E-state index in [0.29, 0.717) is 30.2 Å². The number of hydrogen-bond donors (Lipinski definition) is 1. The topological polar surface area (TPSA) is 73.6 Å². The van der Waals surface area contributed by atoms with E-state index in [1.54, 1.807) is 12.1 Å². The van der Waals surface area contributed by atoms with Crippen molar-refractivity contribution in [3.63, 3.8) is 0 Å². The summed E-state index contributed by atoms with van der Waals surface area (Å²) >= 11 is 0. The van der Waals surface area contributed by atoms with Crippen LogP contribution in [0.25, 0.3) is 0 Å². The minimum atomic E-state index is -0.460. The number of nitro groups is 1. The lowest BCUT2D eigenvalue weighted by Gasteiger charge is -2.11. The van der Waals surface area contributed by atoms with Crippen LogP contribution in [0.1, 0.15) is 6.42 Å². The van der Waals surface area contributed by atoms with Crippen molar-refractivity contribution >= 4 is 11.4 Å². The van der Waals surface area contributed by atoms with E-state index < -0.39 is 4.92 Å². The molecule has 0 heterocycles. The van der Waals surface area contributed by atoms with Crippen LogP contribution in [0, 0.1) is 10.1 Å². The smallest absolute Gasteiger partial charge is 0.296 e. The minimum absolute atomic E-state index is 0.0447. The van der Waals surface area contributed by atoms with E-state index in [0.717, 1.165) is 0 Å². The summed E-state index contributed by atoms with van der Waals surface area (Å²) in [6.07, 6.45) is 2.45. The molecule has 0 unspecified atom stereocenters. The van der Waals surface area contributed by atoms with Crippen molar-refractivity contribution in [3.8, 4) is 11.5 Å². The standard InChI is InChI=1S/C12H16N2O4/c1-4-5-6-13-9-7-11(17-2)12(18-3)8-10(9)14(15)16/h4,7-8,13H,1,5-6H2,2-3H3. The van der Waals surface area contributed by atoms with E-state index in [1.807, 2.05) is 0 Å². The van der Waals surface area contributed by atoms with E-state index in [1.165, 1.54) is 20.3 Å². The van der Waals surface area contributed by atoms with Gasteiger partial charge in [0, 0.05) is 12.6 Å². The lowest BCUT2D eigenvalue weighted by atomic mass is 10.2. The molecule has 0 aliphatic rings. The van der Waals surface area contributed by atoms with Crippen LogP contribution in [0.15, 0.2) is 24.8 Å². The number of hydrogen-bond acceptors (Lipinski definition) is 5. The summed E-state index contributed by atoms with van der Waals surface area (Å²) in [5.74, 6) is 0.780. The Labute approximate surface area is 105 Å². The number of ether oxygens (including phenoxy) is 2. The average molecular weight is 252 g/mol. The monoisotopic (exact) mass is 252 g/mol. The quantitative estimate of drug-likeness (QED) is 0.349. The second-order valence-corrected chi connectivity index (χ2v) is 3.49. The van der Waals surface area contributed by atoms with Crippen LogP contribution < -0.4 is 14.8 Å². The lowest BCUT2D eigenvalue weighted by Crippen LogP contribution is -2.04. The second-order valence-electron chi connectivity index (χ2n) is 3.49. The summed E-state index contributed by atoms with van der Waals surface area (Å²) in [6.45, 7) is 4.16. The molecule has 6 heteroatoms. The average Bonchev–Trinajstić information content (AvgIpc) is 2.38. The predicted octanol–water partition coefficient (Wildman–Crippen LogP) is 2.60. The van der Waals surface area contributed by atoms with Crippen LogP contribution in [0.5, 0.6) is 11.5 Å². The predicted molar refractivity (Wildman–Crippen MR) is 69.5 cm³/mol. The number of nitro benzene ring substituents is 1. The molecule has 1 rings (SSSR count). The molecule has 1 aromatic rings. The molecule has 1 N–H and O–H groups in total. The molecule has 98 valence electrons. The number of benzene rings is 1. The van der Waals surface area contributed by atoms with Crippen LogP contribution in [-0.2, 0) is 0 Å². The highest BCUT2D eigenvalue weighted by molar-refractivity contribution is 5.68. The van der Waals surface area contributed by atoms with Gasteiger partial charge in [0.25, 0.3) is 5.69 Å². The molecule has 0 spiro atoms. The molecular weight excluding hydrogens is 236 g/mol. The molecule has 6 nitrogen and oxygen atoms in total. The van der Waals surface area contributed by atoms with Gasteiger partial charge in [-0.25, -0.2) is 0 Å². The molecule has 0 aromatic heterocycles. The molecule has 18 heavy (non-hydrogen) atoms. The normalized spacial score (nSPS) is 9.67. The van der Waals surface area contributed by atoms with Gasteiger partial charge in [0.15, 0.2) is 11.5 Å². The zero-order valence-electron chi connectivity index (χ0n) is 10.4. The molecule has 0 saturated heterocycles. The summed E-state index contributed by atoms with van der Waals surface area (Å²) in [4.78, 5) is 10.5.